The van der Waals surface area contributed by atoms with Crippen molar-refractivity contribution < 1.29 is 19.5 Å². The van der Waals surface area contributed by atoms with Crippen molar-refractivity contribution in [3.8, 4) is 0 Å². The minimum Gasteiger partial charge on any atom is -0.213 e. The molecule has 1 heteroatoms. The summed E-state index contributed by atoms with van der Waals surface area (Å²) in [5.41, 5.74) is 2.86. The Kier molecular flexibility index (Phi) is 8.23. The van der Waals surface area contributed by atoms with Gasteiger partial charge in [0, 0.05) is 0 Å². The average molecular weight is 287 g/mol. The van der Waals surface area contributed by atoms with Crippen LogP contribution in [0.2, 0.25) is 0 Å². The van der Waals surface area contributed by atoms with E-state index < -0.39 is 0 Å². The number of rotatable bonds is 2. The summed E-state index contributed by atoms with van der Waals surface area (Å²) >= 11 is 0. The van der Waals surface area contributed by atoms with Crippen LogP contribution in [0.1, 0.15) is 25.0 Å². The second kappa shape index (κ2) is 8.62. The minimum atomic E-state index is 0. The molecule has 0 saturated carbocycles. The molecule has 2 aromatic rings. The molecule has 0 unspecified atom stereocenters. The van der Waals surface area contributed by atoms with Crippen molar-refractivity contribution in [1.29, 1.82) is 0 Å². The van der Waals surface area contributed by atoms with Crippen LogP contribution in [0.5, 0.6) is 0 Å². The molecule has 0 aromatic heterocycles. The first-order valence-corrected chi connectivity index (χ1v) is 5.28. The Bertz CT molecular complexity index is 269. The Morgan fingerprint density at radius 2 is 0.933 bits per heavy atom. The SMILES string of the molecule is CC[c-]1cccc1.CC[c-]1cccc1.[Ru+2]. The topological polar surface area (TPSA) is 0 Å². The van der Waals surface area contributed by atoms with Crippen LogP contribution in [-0.4, -0.2) is 0 Å². The Labute approximate surface area is 106 Å². The van der Waals surface area contributed by atoms with Crippen LogP contribution in [0.25, 0.3) is 0 Å². The molecule has 0 atom stereocenters. The molecule has 0 N–H and O–H groups in total. The fourth-order valence-electron chi connectivity index (χ4n) is 1.30. The molecule has 0 aliphatic carbocycles. The molecule has 82 valence electrons. The fourth-order valence-corrected chi connectivity index (χ4v) is 1.30. The standard InChI is InChI=1S/2C7H9.Ru/c2*1-2-7-5-3-4-6-7;/h2*3-6H,2H2,1H3;/q2*-1;+2. The summed E-state index contributed by atoms with van der Waals surface area (Å²) in [4.78, 5) is 0. The first kappa shape index (κ1) is 14.3. The molecule has 15 heavy (non-hydrogen) atoms. The Morgan fingerprint density at radius 1 is 0.667 bits per heavy atom. The molecular formula is C14H18Ru. The van der Waals surface area contributed by atoms with E-state index in [0.717, 1.165) is 12.8 Å². The van der Waals surface area contributed by atoms with Crippen LogP contribution in [-0.2, 0) is 32.3 Å². The fraction of sp³-hybridized carbons (Fsp3) is 0.286. The van der Waals surface area contributed by atoms with Crippen molar-refractivity contribution in [1.82, 2.24) is 0 Å². The van der Waals surface area contributed by atoms with Crippen molar-refractivity contribution in [3.05, 3.63) is 59.7 Å². The van der Waals surface area contributed by atoms with E-state index >= 15 is 0 Å². The summed E-state index contributed by atoms with van der Waals surface area (Å²) < 4.78 is 0. The van der Waals surface area contributed by atoms with E-state index in [1.807, 2.05) is 0 Å². The molecule has 0 aliphatic heterocycles. The molecule has 2 rings (SSSR count). The molecule has 0 bridgehead atoms. The Hall–Kier alpha value is -0.677. The number of aryl methyl sites for hydroxylation is 2. The van der Waals surface area contributed by atoms with Gasteiger partial charge in [0.05, 0.1) is 0 Å². The maximum Gasteiger partial charge on any atom is 2.00 e. The summed E-state index contributed by atoms with van der Waals surface area (Å²) in [5.74, 6) is 0. The molecule has 0 aliphatic rings. The van der Waals surface area contributed by atoms with Gasteiger partial charge in [-0.15, -0.1) is 0 Å². The predicted octanol–water partition coefficient (Wildman–Crippen LogP) is 3.93. The van der Waals surface area contributed by atoms with Gasteiger partial charge in [-0.1, -0.05) is 26.7 Å². The van der Waals surface area contributed by atoms with E-state index in [2.05, 4.69) is 62.4 Å². The summed E-state index contributed by atoms with van der Waals surface area (Å²) in [6.07, 6.45) is 2.32. The van der Waals surface area contributed by atoms with Crippen LogP contribution < -0.4 is 0 Å². The van der Waals surface area contributed by atoms with E-state index in [4.69, 9.17) is 0 Å². The summed E-state index contributed by atoms with van der Waals surface area (Å²) in [6.45, 7) is 4.32. The molecule has 0 radical (unpaired) electrons. The van der Waals surface area contributed by atoms with E-state index in [1.54, 1.807) is 0 Å². The van der Waals surface area contributed by atoms with Crippen molar-refractivity contribution in [3.63, 3.8) is 0 Å². The number of hydrogen-bond donors (Lipinski definition) is 0. The van der Waals surface area contributed by atoms with Gasteiger partial charge in [0.1, 0.15) is 0 Å². The van der Waals surface area contributed by atoms with Gasteiger partial charge in [-0.3, -0.25) is 0 Å². The molecule has 0 nitrogen and oxygen atoms in total. The summed E-state index contributed by atoms with van der Waals surface area (Å²) in [6, 6.07) is 16.8. The molecule has 0 saturated heterocycles. The van der Waals surface area contributed by atoms with E-state index in [1.165, 1.54) is 11.1 Å². The summed E-state index contributed by atoms with van der Waals surface area (Å²) in [7, 11) is 0. The first-order valence-electron chi connectivity index (χ1n) is 5.28. The van der Waals surface area contributed by atoms with Gasteiger partial charge in [0.15, 0.2) is 0 Å². The quantitative estimate of drug-likeness (QED) is 0.580. The van der Waals surface area contributed by atoms with Gasteiger partial charge < -0.3 is 0 Å². The number of hydrogen-bond acceptors (Lipinski definition) is 0. The smallest absolute Gasteiger partial charge is 0.213 e. The van der Waals surface area contributed by atoms with Gasteiger partial charge in [-0.2, -0.15) is 35.4 Å². The van der Waals surface area contributed by atoms with Gasteiger partial charge in [0.25, 0.3) is 0 Å². The van der Waals surface area contributed by atoms with E-state index in [9.17, 15) is 0 Å². The zero-order chi connectivity index (χ0) is 10.2. The van der Waals surface area contributed by atoms with Crippen LogP contribution in [0.4, 0.5) is 0 Å². The van der Waals surface area contributed by atoms with Gasteiger partial charge in [-0.05, 0) is 0 Å². The maximum atomic E-state index is 2.16. The maximum absolute atomic E-state index is 2.16. The van der Waals surface area contributed by atoms with Gasteiger partial charge in [0.2, 0.25) is 0 Å². The predicted molar refractivity (Wildman–Crippen MR) is 62.8 cm³/mol. The van der Waals surface area contributed by atoms with E-state index in [-0.39, 0.29) is 19.5 Å². The normalized spacial score (nSPS) is 8.67. The largest absolute Gasteiger partial charge is 2.00 e. The average Bonchev–Trinajstić information content (AvgIpc) is 2.92. The molecule has 0 amide bonds. The van der Waals surface area contributed by atoms with Gasteiger partial charge >= 0.3 is 19.5 Å². The third kappa shape index (κ3) is 5.69. The monoisotopic (exact) mass is 288 g/mol. The molecule has 0 spiro atoms. The first-order chi connectivity index (χ1) is 6.86. The van der Waals surface area contributed by atoms with E-state index in [0.29, 0.717) is 0 Å². The van der Waals surface area contributed by atoms with Crippen LogP contribution >= 0.6 is 0 Å². The van der Waals surface area contributed by atoms with Crippen LogP contribution in [0.3, 0.4) is 0 Å². The van der Waals surface area contributed by atoms with Crippen molar-refractivity contribution in [2.75, 3.05) is 0 Å². The van der Waals surface area contributed by atoms with Crippen LogP contribution in [0.15, 0.2) is 48.5 Å². The molecule has 2 aromatic carbocycles. The zero-order valence-corrected chi connectivity index (χ0v) is 11.1. The summed E-state index contributed by atoms with van der Waals surface area (Å²) in [5, 5.41) is 0. The van der Waals surface area contributed by atoms with Crippen molar-refractivity contribution in [2.45, 2.75) is 26.7 Å². The van der Waals surface area contributed by atoms with Crippen LogP contribution in [0, 0.1) is 0 Å². The minimum absolute atomic E-state index is 0. The molecule has 0 heterocycles. The third-order valence-electron chi connectivity index (χ3n) is 2.28. The molecular weight excluding hydrogens is 269 g/mol. The van der Waals surface area contributed by atoms with Crippen molar-refractivity contribution >= 4 is 0 Å². The van der Waals surface area contributed by atoms with Gasteiger partial charge in [-0.25, -0.2) is 24.3 Å². The van der Waals surface area contributed by atoms with Crippen molar-refractivity contribution in [2.24, 2.45) is 0 Å². The second-order valence-electron chi connectivity index (χ2n) is 3.29. The Morgan fingerprint density at radius 3 is 1.07 bits per heavy atom. The zero-order valence-electron chi connectivity index (χ0n) is 9.39. The second-order valence-corrected chi connectivity index (χ2v) is 3.29. The molecule has 0 fully saturated rings. The third-order valence-corrected chi connectivity index (χ3v) is 2.28. The Balaban J connectivity index is 0.000000245.